The molecule has 0 saturated carbocycles. The number of nitrogens with one attached hydrogen (secondary N) is 1. The lowest BCUT2D eigenvalue weighted by atomic mass is 10.1. The summed E-state index contributed by atoms with van der Waals surface area (Å²) in [5, 5.41) is 2.71. The Morgan fingerprint density at radius 2 is 1.68 bits per heavy atom. The summed E-state index contributed by atoms with van der Waals surface area (Å²) in [7, 11) is -3.57. The van der Waals surface area contributed by atoms with E-state index >= 15 is 0 Å². The van der Waals surface area contributed by atoms with E-state index in [2.05, 4.69) is 11.4 Å². The van der Waals surface area contributed by atoms with E-state index in [4.69, 9.17) is 4.74 Å². The molecular weight excluding hydrogens is 376 g/mol. The van der Waals surface area contributed by atoms with Crippen molar-refractivity contribution in [3.05, 3.63) is 59.2 Å². The van der Waals surface area contributed by atoms with Gasteiger partial charge in [0.25, 0.3) is 0 Å². The summed E-state index contributed by atoms with van der Waals surface area (Å²) in [6.45, 7) is 6.34. The molecule has 0 aromatic heterocycles. The molecule has 0 fully saturated rings. The Kier molecular flexibility index (Phi) is 7.45. The number of sulfonamides is 1. The van der Waals surface area contributed by atoms with Crippen LogP contribution in [0.3, 0.4) is 0 Å². The van der Waals surface area contributed by atoms with Crippen molar-refractivity contribution in [1.29, 1.82) is 0 Å². The Labute approximate surface area is 167 Å². The van der Waals surface area contributed by atoms with Gasteiger partial charge in [-0.05, 0) is 61.2 Å². The van der Waals surface area contributed by atoms with E-state index in [9.17, 15) is 13.2 Å². The number of hydrogen-bond acceptors (Lipinski definition) is 4. The minimum Gasteiger partial charge on any atom is -0.492 e. The van der Waals surface area contributed by atoms with Crippen molar-refractivity contribution in [2.75, 3.05) is 30.3 Å². The maximum Gasteiger partial charge on any atom is 0.240 e. The Bertz CT molecular complexity index is 888. The van der Waals surface area contributed by atoms with E-state index in [0.29, 0.717) is 12.3 Å². The van der Waals surface area contributed by atoms with Gasteiger partial charge in [0.15, 0.2) is 0 Å². The standard InChI is InChI=1S/C21H28N2O4S/c1-5-18-6-8-19(9-7-18)23(28(4,25)26)15-21(24)22-10-11-27-20-13-16(2)12-17(3)14-20/h6-9,12-14H,5,10-11,15H2,1-4H3,(H,22,24). The number of amides is 1. The fourth-order valence-electron chi connectivity index (χ4n) is 2.86. The maximum atomic E-state index is 12.2. The average Bonchev–Trinajstić information content (AvgIpc) is 2.62. The van der Waals surface area contributed by atoms with Crippen molar-refractivity contribution >= 4 is 21.6 Å². The number of ether oxygens (including phenoxy) is 1. The van der Waals surface area contributed by atoms with Crippen LogP contribution in [0.5, 0.6) is 5.75 Å². The van der Waals surface area contributed by atoms with Gasteiger partial charge in [-0.1, -0.05) is 25.1 Å². The van der Waals surface area contributed by atoms with Crippen LogP contribution in [-0.2, 0) is 21.2 Å². The van der Waals surface area contributed by atoms with E-state index in [1.165, 1.54) is 0 Å². The number of rotatable bonds is 9. The number of carbonyl (C=O) groups excluding carboxylic acids is 1. The molecule has 28 heavy (non-hydrogen) atoms. The molecule has 0 radical (unpaired) electrons. The van der Waals surface area contributed by atoms with Crippen molar-refractivity contribution in [2.24, 2.45) is 0 Å². The molecular formula is C21H28N2O4S. The predicted molar refractivity (Wildman–Crippen MR) is 112 cm³/mol. The van der Waals surface area contributed by atoms with Crippen molar-refractivity contribution in [2.45, 2.75) is 27.2 Å². The number of hydrogen-bond donors (Lipinski definition) is 1. The molecule has 0 aliphatic rings. The second kappa shape index (κ2) is 9.59. The van der Waals surface area contributed by atoms with Gasteiger partial charge >= 0.3 is 0 Å². The minimum atomic E-state index is -3.57. The lowest BCUT2D eigenvalue weighted by Gasteiger charge is -2.22. The average molecular weight is 405 g/mol. The predicted octanol–water partition coefficient (Wildman–Crippen LogP) is 2.83. The lowest BCUT2D eigenvalue weighted by Crippen LogP contribution is -2.41. The van der Waals surface area contributed by atoms with Gasteiger partial charge in [0, 0.05) is 0 Å². The number of benzene rings is 2. The second-order valence-electron chi connectivity index (χ2n) is 6.81. The Hall–Kier alpha value is -2.54. The molecule has 0 saturated heterocycles. The fourth-order valence-corrected chi connectivity index (χ4v) is 3.72. The fraction of sp³-hybridized carbons (Fsp3) is 0.381. The summed E-state index contributed by atoms with van der Waals surface area (Å²) in [5.41, 5.74) is 3.79. The van der Waals surface area contributed by atoms with Gasteiger partial charge in [0.2, 0.25) is 15.9 Å². The summed E-state index contributed by atoms with van der Waals surface area (Å²) in [6, 6.07) is 13.1. The van der Waals surface area contributed by atoms with Crippen molar-refractivity contribution in [3.8, 4) is 5.75 Å². The van der Waals surface area contributed by atoms with E-state index in [1.54, 1.807) is 12.1 Å². The Morgan fingerprint density at radius 3 is 2.21 bits per heavy atom. The van der Waals surface area contributed by atoms with Crippen LogP contribution in [0.2, 0.25) is 0 Å². The van der Waals surface area contributed by atoms with E-state index in [-0.39, 0.29) is 19.0 Å². The van der Waals surface area contributed by atoms with Gasteiger partial charge < -0.3 is 10.1 Å². The summed E-state index contributed by atoms with van der Waals surface area (Å²) < 4.78 is 31.0. The highest BCUT2D eigenvalue weighted by Crippen LogP contribution is 2.18. The molecule has 0 unspecified atom stereocenters. The first-order chi connectivity index (χ1) is 13.2. The number of aryl methyl sites for hydroxylation is 3. The third kappa shape index (κ3) is 6.56. The van der Waals surface area contributed by atoms with Crippen molar-refractivity contribution < 1.29 is 17.9 Å². The van der Waals surface area contributed by atoms with Gasteiger partial charge in [-0.3, -0.25) is 9.10 Å². The molecule has 0 bridgehead atoms. The first-order valence-electron chi connectivity index (χ1n) is 9.23. The molecule has 0 aliphatic heterocycles. The van der Waals surface area contributed by atoms with Crippen LogP contribution in [0.4, 0.5) is 5.69 Å². The molecule has 0 spiro atoms. The molecule has 2 rings (SSSR count). The largest absolute Gasteiger partial charge is 0.492 e. The monoisotopic (exact) mass is 404 g/mol. The zero-order valence-corrected chi connectivity index (χ0v) is 17.7. The topological polar surface area (TPSA) is 75.7 Å². The van der Waals surface area contributed by atoms with Crippen LogP contribution in [0.25, 0.3) is 0 Å². The van der Waals surface area contributed by atoms with Crippen LogP contribution in [0.15, 0.2) is 42.5 Å². The van der Waals surface area contributed by atoms with E-state index in [0.717, 1.165) is 39.4 Å². The molecule has 2 aromatic rings. The zero-order valence-electron chi connectivity index (χ0n) is 16.9. The number of nitrogens with zero attached hydrogens (tertiary/aromatic N) is 1. The van der Waals surface area contributed by atoms with Crippen molar-refractivity contribution in [3.63, 3.8) is 0 Å². The molecule has 152 valence electrons. The molecule has 1 N–H and O–H groups in total. The normalized spacial score (nSPS) is 11.1. The smallest absolute Gasteiger partial charge is 0.240 e. The zero-order chi connectivity index (χ0) is 20.7. The molecule has 2 aromatic carbocycles. The highest BCUT2D eigenvalue weighted by Gasteiger charge is 2.20. The summed E-state index contributed by atoms with van der Waals surface area (Å²) in [6.07, 6.45) is 1.96. The van der Waals surface area contributed by atoms with Gasteiger partial charge in [-0.25, -0.2) is 8.42 Å². The second-order valence-corrected chi connectivity index (χ2v) is 8.72. The third-order valence-electron chi connectivity index (χ3n) is 4.21. The van der Waals surface area contributed by atoms with Gasteiger partial charge in [-0.15, -0.1) is 0 Å². The number of carbonyl (C=O) groups is 1. The molecule has 6 nitrogen and oxygen atoms in total. The van der Waals surface area contributed by atoms with Gasteiger partial charge in [0.1, 0.15) is 18.9 Å². The van der Waals surface area contributed by atoms with Crippen LogP contribution in [0.1, 0.15) is 23.6 Å². The summed E-state index contributed by atoms with van der Waals surface area (Å²) in [5.74, 6) is 0.370. The SMILES string of the molecule is CCc1ccc(N(CC(=O)NCCOc2cc(C)cc(C)c2)S(C)(=O)=O)cc1. The quantitative estimate of drug-likeness (QED) is 0.652. The minimum absolute atomic E-state index is 0.270. The third-order valence-corrected chi connectivity index (χ3v) is 5.35. The number of anilines is 1. The van der Waals surface area contributed by atoms with Crippen LogP contribution >= 0.6 is 0 Å². The maximum absolute atomic E-state index is 12.2. The molecule has 7 heteroatoms. The van der Waals surface area contributed by atoms with Crippen LogP contribution in [-0.4, -0.2) is 40.3 Å². The highest BCUT2D eigenvalue weighted by molar-refractivity contribution is 7.92. The molecule has 0 aliphatic carbocycles. The first kappa shape index (κ1) is 21.8. The van der Waals surface area contributed by atoms with Crippen LogP contribution in [0, 0.1) is 13.8 Å². The molecule has 0 atom stereocenters. The van der Waals surface area contributed by atoms with Crippen LogP contribution < -0.4 is 14.4 Å². The Balaban J connectivity index is 1.91. The first-order valence-corrected chi connectivity index (χ1v) is 11.1. The van der Waals surface area contributed by atoms with E-state index in [1.807, 2.05) is 45.0 Å². The van der Waals surface area contributed by atoms with E-state index < -0.39 is 10.0 Å². The summed E-state index contributed by atoms with van der Waals surface area (Å²) >= 11 is 0. The summed E-state index contributed by atoms with van der Waals surface area (Å²) in [4.78, 5) is 12.2. The van der Waals surface area contributed by atoms with Gasteiger partial charge in [-0.2, -0.15) is 0 Å². The molecule has 1 amide bonds. The van der Waals surface area contributed by atoms with Crippen molar-refractivity contribution in [1.82, 2.24) is 5.32 Å². The lowest BCUT2D eigenvalue weighted by molar-refractivity contribution is -0.119. The van der Waals surface area contributed by atoms with Gasteiger partial charge in [0.05, 0.1) is 18.5 Å². The Morgan fingerprint density at radius 1 is 1.07 bits per heavy atom. The molecule has 0 heterocycles. The highest BCUT2D eigenvalue weighted by atomic mass is 32.2.